The van der Waals surface area contributed by atoms with Crippen molar-refractivity contribution in [3.8, 4) is 5.75 Å². The lowest BCUT2D eigenvalue weighted by Gasteiger charge is -2.26. The minimum Gasteiger partial charge on any atom is -0.497 e. The quantitative estimate of drug-likeness (QED) is 0.149. The molecule has 0 spiro atoms. The monoisotopic (exact) mass is 576 g/mol. The third-order valence-corrected chi connectivity index (χ3v) is 7.05. The summed E-state index contributed by atoms with van der Waals surface area (Å²) in [5.41, 5.74) is 0.829. The molecule has 1 aromatic carbocycles. The van der Waals surface area contributed by atoms with Crippen LogP contribution in [0.4, 0.5) is 5.13 Å². The van der Waals surface area contributed by atoms with Gasteiger partial charge in [0.05, 0.1) is 50.0 Å². The minimum absolute atomic E-state index is 0.0830. The van der Waals surface area contributed by atoms with E-state index < -0.39 is 61.0 Å². The van der Waals surface area contributed by atoms with Gasteiger partial charge in [0.15, 0.2) is 11.4 Å². The van der Waals surface area contributed by atoms with Gasteiger partial charge in [0.25, 0.3) is 0 Å². The Bertz CT molecular complexity index is 1210. The van der Waals surface area contributed by atoms with Gasteiger partial charge in [-0.25, -0.2) is 4.98 Å². The number of anilines is 1. The van der Waals surface area contributed by atoms with Crippen LogP contribution < -0.4 is 26.0 Å². The average molecular weight is 577 g/mol. The molecule has 1 saturated heterocycles. The zero-order valence-electron chi connectivity index (χ0n) is 22.0. The number of likely N-dealkylation sites (tertiary alicyclic amines) is 1. The highest BCUT2D eigenvalue weighted by atomic mass is 32.1. The summed E-state index contributed by atoms with van der Waals surface area (Å²) in [7, 11) is 1.54. The number of hydrogen-bond acceptors (Lipinski definition) is 11. The maximum Gasteiger partial charge on any atom is 0.242 e. The topological polar surface area (TPSA) is 199 Å². The predicted octanol–water partition coefficient (Wildman–Crippen LogP) is -1.71. The first kappa shape index (κ1) is 30.5. The molecule has 40 heavy (non-hydrogen) atoms. The summed E-state index contributed by atoms with van der Waals surface area (Å²) in [6.07, 6.45) is 0.0304. The maximum absolute atomic E-state index is 12.8. The van der Waals surface area contributed by atoms with Crippen LogP contribution in [0.5, 0.6) is 5.75 Å². The van der Waals surface area contributed by atoms with Gasteiger partial charge in [-0.1, -0.05) is 23.5 Å². The summed E-state index contributed by atoms with van der Waals surface area (Å²) in [5, 5.41) is 30.9. The van der Waals surface area contributed by atoms with Gasteiger partial charge < -0.3 is 41.1 Å². The van der Waals surface area contributed by atoms with E-state index in [-0.39, 0.29) is 13.1 Å². The SMILES string of the molecule is COc1ccc(C[C@@H]2[C@H](O)[C@@H](O)CN2C(=O)CNC(=O)CNC(=O)[C@H](C)NC(=O)CNc2ncc(C=O)s2)cc1. The second kappa shape index (κ2) is 14.3. The number of β-amino-alcohol motifs (C(OH)–C–C–N with tert-alkyl or cyclic N) is 1. The highest BCUT2D eigenvalue weighted by Crippen LogP contribution is 2.23. The number of carbonyl (C=O) groups excluding carboxylic acids is 5. The molecule has 14 nitrogen and oxygen atoms in total. The van der Waals surface area contributed by atoms with Crippen LogP contribution in [0.25, 0.3) is 0 Å². The van der Waals surface area contributed by atoms with Crippen LogP contribution in [0.3, 0.4) is 0 Å². The Morgan fingerprint density at radius 1 is 1.12 bits per heavy atom. The number of rotatable bonds is 13. The fourth-order valence-corrected chi connectivity index (χ4v) is 4.63. The van der Waals surface area contributed by atoms with Gasteiger partial charge in [-0.15, -0.1) is 0 Å². The number of aldehydes is 1. The van der Waals surface area contributed by atoms with E-state index in [2.05, 4.69) is 26.3 Å². The van der Waals surface area contributed by atoms with E-state index in [1.807, 2.05) is 0 Å². The maximum atomic E-state index is 12.8. The number of nitrogens with zero attached hydrogens (tertiary/aromatic N) is 2. The largest absolute Gasteiger partial charge is 0.497 e. The van der Waals surface area contributed by atoms with Crippen molar-refractivity contribution in [2.24, 2.45) is 0 Å². The molecule has 0 saturated carbocycles. The minimum atomic E-state index is -1.15. The highest BCUT2D eigenvalue weighted by Gasteiger charge is 2.42. The number of nitrogens with one attached hydrogen (secondary N) is 4. The van der Waals surface area contributed by atoms with Crippen molar-refractivity contribution in [1.82, 2.24) is 25.8 Å². The number of thiazole rings is 1. The Kier molecular flexibility index (Phi) is 10.9. The Balaban J connectivity index is 1.40. The lowest BCUT2D eigenvalue weighted by molar-refractivity contribution is -0.134. The molecule has 0 aliphatic carbocycles. The molecule has 1 aromatic heterocycles. The second-order valence-electron chi connectivity index (χ2n) is 9.05. The van der Waals surface area contributed by atoms with Gasteiger partial charge in [-0.3, -0.25) is 24.0 Å². The third kappa shape index (κ3) is 8.46. The molecule has 0 radical (unpaired) electrons. The lowest BCUT2D eigenvalue weighted by atomic mass is 10.0. The molecule has 3 rings (SSSR count). The van der Waals surface area contributed by atoms with Crippen molar-refractivity contribution in [1.29, 1.82) is 0 Å². The van der Waals surface area contributed by atoms with Crippen LogP contribution in [-0.2, 0) is 25.6 Å². The number of aliphatic hydroxyl groups excluding tert-OH is 2. The first-order valence-corrected chi connectivity index (χ1v) is 13.2. The van der Waals surface area contributed by atoms with Crippen LogP contribution in [0, 0.1) is 0 Å². The number of aromatic nitrogens is 1. The molecule has 2 heterocycles. The van der Waals surface area contributed by atoms with Crippen LogP contribution >= 0.6 is 11.3 Å². The predicted molar refractivity (Wildman–Crippen MR) is 144 cm³/mol. The van der Waals surface area contributed by atoms with E-state index in [0.29, 0.717) is 28.5 Å². The Morgan fingerprint density at radius 2 is 1.85 bits per heavy atom. The number of ether oxygens (including phenoxy) is 1. The summed E-state index contributed by atoms with van der Waals surface area (Å²) >= 11 is 1.08. The molecule has 2 aromatic rings. The number of carbonyl (C=O) groups is 5. The van der Waals surface area contributed by atoms with Gasteiger partial charge in [-0.05, 0) is 31.0 Å². The molecular weight excluding hydrogens is 544 g/mol. The number of hydrogen-bond donors (Lipinski definition) is 6. The first-order chi connectivity index (χ1) is 19.1. The van der Waals surface area contributed by atoms with E-state index in [4.69, 9.17) is 4.74 Å². The van der Waals surface area contributed by atoms with Gasteiger partial charge in [0.1, 0.15) is 17.9 Å². The molecule has 1 aliphatic heterocycles. The van der Waals surface area contributed by atoms with E-state index in [0.717, 1.165) is 16.9 Å². The molecule has 4 amide bonds. The molecule has 1 fully saturated rings. The Hall–Kier alpha value is -4.08. The number of amides is 4. The van der Waals surface area contributed by atoms with E-state index >= 15 is 0 Å². The van der Waals surface area contributed by atoms with Crippen molar-refractivity contribution in [2.45, 2.75) is 37.6 Å². The van der Waals surface area contributed by atoms with Crippen molar-refractivity contribution in [3.05, 3.63) is 40.9 Å². The van der Waals surface area contributed by atoms with Gasteiger partial charge in [0, 0.05) is 6.54 Å². The Labute approximate surface area is 234 Å². The molecule has 15 heteroatoms. The van der Waals surface area contributed by atoms with Crippen LogP contribution in [-0.4, -0.2) is 108 Å². The van der Waals surface area contributed by atoms with Crippen LogP contribution in [0.15, 0.2) is 30.5 Å². The fraction of sp³-hybridized carbons (Fsp3) is 0.440. The van der Waals surface area contributed by atoms with Crippen molar-refractivity contribution < 1.29 is 38.9 Å². The molecule has 6 N–H and O–H groups in total. The number of aliphatic hydroxyl groups is 2. The average Bonchev–Trinajstić information content (AvgIpc) is 3.53. The molecule has 216 valence electrons. The molecule has 0 unspecified atom stereocenters. The van der Waals surface area contributed by atoms with Crippen LogP contribution in [0.2, 0.25) is 0 Å². The zero-order valence-corrected chi connectivity index (χ0v) is 22.8. The standard InChI is InChI=1S/C25H32N6O8S/c1-14(30-21(35)10-29-25-28-8-17(13-32)40-25)24(38)27-9-20(34)26-11-22(36)31-12-19(33)23(37)18(31)7-15-3-5-16(39-2)6-4-15/h3-6,8,13-14,18-19,23,33,37H,7,9-12H2,1-2H3,(H,26,34)(H,27,38)(H,28,29)(H,30,35)/t14-,18+,19-,23-/m0/s1. The zero-order chi connectivity index (χ0) is 29.2. The summed E-state index contributed by atoms with van der Waals surface area (Å²) in [4.78, 5) is 65.7. The smallest absolute Gasteiger partial charge is 0.242 e. The molecular formula is C25H32N6O8S. The number of benzene rings is 1. The fourth-order valence-electron chi connectivity index (χ4n) is 4.00. The summed E-state index contributed by atoms with van der Waals surface area (Å²) in [6, 6.07) is 5.48. The van der Waals surface area contributed by atoms with E-state index in [9.17, 15) is 34.2 Å². The normalized spacial score (nSPS) is 18.9. The lowest BCUT2D eigenvalue weighted by Crippen LogP contribution is -2.50. The number of methoxy groups -OCH3 is 1. The van der Waals surface area contributed by atoms with E-state index in [1.165, 1.54) is 18.0 Å². The van der Waals surface area contributed by atoms with E-state index in [1.54, 1.807) is 31.4 Å². The van der Waals surface area contributed by atoms with Gasteiger partial charge >= 0.3 is 0 Å². The van der Waals surface area contributed by atoms with Gasteiger partial charge in [0.2, 0.25) is 23.6 Å². The van der Waals surface area contributed by atoms with Gasteiger partial charge in [-0.2, -0.15) is 0 Å². The molecule has 0 bridgehead atoms. The highest BCUT2D eigenvalue weighted by molar-refractivity contribution is 7.17. The molecule has 1 aliphatic rings. The first-order valence-electron chi connectivity index (χ1n) is 12.4. The summed E-state index contributed by atoms with van der Waals surface area (Å²) in [6.45, 7) is 0.355. The Morgan fingerprint density at radius 3 is 2.50 bits per heavy atom. The van der Waals surface area contributed by atoms with Crippen molar-refractivity contribution >= 4 is 46.4 Å². The molecule has 4 atom stereocenters. The van der Waals surface area contributed by atoms with Crippen molar-refractivity contribution in [3.63, 3.8) is 0 Å². The second-order valence-corrected chi connectivity index (χ2v) is 10.1. The van der Waals surface area contributed by atoms with Crippen molar-refractivity contribution in [2.75, 3.05) is 38.6 Å². The summed E-state index contributed by atoms with van der Waals surface area (Å²) < 4.78 is 5.13. The van der Waals surface area contributed by atoms with Crippen LogP contribution in [0.1, 0.15) is 22.2 Å². The third-order valence-electron chi connectivity index (χ3n) is 6.17. The summed E-state index contributed by atoms with van der Waals surface area (Å²) in [5.74, 6) is -1.59.